The lowest BCUT2D eigenvalue weighted by molar-refractivity contribution is 0.0937. The Morgan fingerprint density at radius 2 is 1.89 bits per heavy atom. The number of aromatic nitrogens is 1. The van der Waals surface area contributed by atoms with Crippen molar-refractivity contribution in [2.45, 2.75) is 27.7 Å². The Morgan fingerprint density at radius 3 is 2.39 bits per heavy atom. The quantitative estimate of drug-likeness (QED) is 0.840. The van der Waals surface area contributed by atoms with Crippen LogP contribution in [0.3, 0.4) is 0 Å². The largest absolute Gasteiger partial charge is 0.352 e. The molecule has 0 atom stereocenters. The third kappa shape index (κ3) is 4.02. The Kier molecular flexibility index (Phi) is 5.13. The predicted molar refractivity (Wildman–Crippen MR) is 72.6 cm³/mol. The van der Waals surface area contributed by atoms with Crippen LogP contribution in [0.5, 0.6) is 0 Å². The smallest absolute Gasteiger partial charge is 0.251 e. The van der Waals surface area contributed by atoms with Gasteiger partial charge in [-0.3, -0.25) is 9.59 Å². The second-order valence-corrected chi connectivity index (χ2v) is 5.30. The minimum absolute atomic E-state index is 0.188. The van der Waals surface area contributed by atoms with Crippen LogP contribution in [0, 0.1) is 17.8 Å². The summed E-state index contributed by atoms with van der Waals surface area (Å²) in [6.45, 7) is 9.27. The molecule has 4 nitrogen and oxygen atoms in total. The van der Waals surface area contributed by atoms with Crippen LogP contribution in [0.4, 0.5) is 0 Å². The molecule has 0 aliphatic rings. The van der Waals surface area contributed by atoms with Gasteiger partial charge in [0, 0.05) is 24.4 Å². The van der Waals surface area contributed by atoms with Gasteiger partial charge in [-0.25, -0.2) is 0 Å². The van der Waals surface area contributed by atoms with E-state index in [2.05, 4.69) is 38.0 Å². The van der Waals surface area contributed by atoms with Gasteiger partial charge in [-0.15, -0.1) is 0 Å². The summed E-state index contributed by atoms with van der Waals surface area (Å²) in [6, 6.07) is 2.92. The van der Waals surface area contributed by atoms with Gasteiger partial charge in [0.05, 0.1) is 0 Å². The minimum atomic E-state index is -0.257. The van der Waals surface area contributed by atoms with Crippen molar-refractivity contribution >= 4 is 5.91 Å². The maximum absolute atomic E-state index is 11.9. The van der Waals surface area contributed by atoms with E-state index in [1.165, 1.54) is 12.3 Å². The average Bonchev–Trinajstić information content (AvgIpc) is 2.28. The highest BCUT2D eigenvalue weighted by atomic mass is 16.2. The van der Waals surface area contributed by atoms with E-state index in [-0.39, 0.29) is 11.5 Å². The topological polar surface area (TPSA) is 62.0 Å². The molecular weight excluding hydrogens is 228 g/mol. The molecule has 0 spiro atoms. The summed E-state index contributed by atoms with van der Waals surface area (Å²) in [5.41, 5.74) is 0.150. The molecule has 18 heavy (non-hydrogen) atoms. The molecule has 0 aliphatic carbocycles. The first-order chi connectivity index (χ1) is 8.41. The molecule has 0 radical (unpaired) electrons. The van der Waals surface area contributed by atoms with Crippen molar-refractivity contribution in [3.05, 3.63) is 34.2 Å². The van der Waals surface area contributed by atoms with E-state index in [0.717, 1.165) is 0 Å². The first-order valence-corrected chi connectivity index (χ1v) is 6.38. The summed E-state index contributed by atoms with van der Waals surface area (Å²) in [5, 5.41) is 2.90. The molecule has 2 N–H and O–H groups in total. The van der Waals surface area contributed by atoms with Gasteiger partial charge in [0.1, 0.15) is 0 Å². The van der Waals surface area contributed by atoms with Gasteiger partial charge >= 0.3 is 0 Å². The van der Waals surface area contributed by atoms with Gasteiger partial charge in [-0.2, -0.15) is 0 Å². The second kappa shape index (κ2) is 6.38. The van der Waals surface area contributed by atoms with Crippen LogP contribution >= 0.6 is 0 Å². The Bertz CT molecular complexity index is 441. The van der Waals surface area contributed by atoms with E-state index >= 15 is 0 Å². The van der Waals surface area contributed by atoms with Crippen molar-refractivity contribution in [3.8, 4) is 0 Å². The van der Waals surface area contributed by atoms with Crippen molar-refractivity contribution in [1.82, 2.24) is 10.3 Å². The molecule has 0 fully saturated rings. The molecule has 1 aromatic heterocycles. The summed E-state index contributed by atoms with van der Waals surface area (Å²) in [4.78, 5) is 25.5. The number of carbonyl (C=O) groups is 1. The Morgan fingerprint density at radius 1 is 1.28 bits per heavy atom. The molecule has 0 aromatic carbocycles. The van der Waals surface area contributed by atoms with Crippen LogP contribution < -0.4 is 10.9 Å². The van der Waals surface area contributed by atoms with E-state index in [1.807, 2.05) is 0 Å². The van der Waals surface area contributed by atoms with Crippen LogP contribution in [0.2, 0.25) is 0 Å². The number of H-pyrrole nitrogens is 1. The lowest BCUT2D eigenvalue weighted by Gasteiger charge is -2.25. The van der Waals surface area contributed by atoms with Gasteiger partial charge in [-0.1, -0.05) is 27.7 Å². The molecule has 0 saturated carbocycles. The van der Waals surface area contributed by atoms with Gasteiger partial charge in [0.15, 0.2) is 0 Å². The van der Waals surface area contributed by atoms with Gasteiger partial charge in [0.25, 0.3) is 5.91 Å². The van der Waals surface area contributed by atoms with E-state index < -0.39 is 0 Å². The van der Waals surface area contributed by atoms with Crippen molar-refractivity contribution in [2.75, 3.05) is 6.54 Å². The number of rotatable bonds is 5. The monoisotopic (exact) mass is 250 g/mol. The highest BCUT2D eigenvalue weighted by Gasteiger charge is 2.18. The number of nitrogens with one attached hydrogen (secondary N) is 2. The van der Waals surface area contributed by atoms with E-state index in [1.54, 1.807) is 6.07 Å². The van der Waals surface area contributed by atoms with Crippen molar-refractivity contribution in [3.63, 3.8) is 0 Å². The van der Waals surface area contributed by atoms with Crippen LogP contribution in [0.1, 0.15) is 38.1 Å². The lowest BCUT2D eigenvalue weighted by Crippen LogP contribution is -2.34. The molecule has 1 heterocycles. The van der Waals surface area contributed by atoms with Gasteiger partial charge < -0.3 is 10.3 Å². The molecule has 0 aliphatic heterocycles. The highest BCUT2D eigenvalue weighted by Crippen LogP contribution is 2.19. The number of pyridine rings is 1. The SMILES string of the molecule is CC(C)C(CNC(=O)c1cc[nH]c(=O)c1)C(C)C. The van der Waals surface area contributed by atoms with Crippen LogP contribution in [-0.4, -0.2) is 17.4 Å². The number of amides is 1. The molecule has 0 unspecified atom stereocenters. The molecule has 1 rings (SSSR count). The maximum Gasteiger partial charge on any atom is 0.251 e. The third-order valence-corrected chi connectivity index (χ3v) is 3.25. The maximum atomic E-state index is 11.9. The highest BCUT2D eigenvalue weighted by molar-refractivity contribution is 5.93. The summed E-state index contributed by atoms with van der Waals surface area (Å²) < 4.78 is 0. The second-order valence-electron chi connectivity index (χ2n) is 5.30. The van der Waals surface area contributed by atoms with E-state index in [4.69, 9.17) is 0 Å². The zero-order valence-electron chi connectivity index (χ0n) is 11.5. The van der Waals surface area contributed by atoms with Crippen LogP contribution in [-0.2, 0) is 0 Å². The van der Waals surface area contributed by atoms with Crippen molar-refractivity contribution in [2.24, 2.45) is 17.8 Å². The third-order valence-electron chi connectivity index (χ3n) is 3.25. The number of hydrogen-bond donors (Lipinski definition) is 2. The Hall–Kier alpha value is -1.58. The fourth-order valence-electron chi connectivity index (χ4n) is 2.14. The van der Waals surface area contributed by atoms with Crippen molar-refractivity contribution in [1.29, 1.82) is 0 Å². The predicted octanol–water partition coefficient (Wildman–Crippen LogP) is 2.03. The Balaban J connectivity index is 2.63. The van der Waals surface area contributed by atoms with Gasteiger partial charge in [0.2, 0.25) is 5.56 Å². The van der Waals surface area contributed by atoms with E-state index in [0.29, 0.717) is 29.9 Å². The molecule has 1 aromatic rings. The number of aromatic amines is 1. The standard InChI is InChI=1S/C14H22N2O2/c1-9(2)12(10(3)4)8-16-14(18)11-5-6-15-13(17)7-11/h5-7,9-10,12H,8H2,1-4H3,(H,15,17)(H,16,18). The number of carbonyl (C=O) groups excluding carboxylic acids is 1. The fraction of sp³-hybridized carbons (Fsp3) is 0.571. The zero-order chi connectivity index (χ0) is 13.7. The van der Waals surface area contributed by atoms with E-state index in [9.17, 15) is 9.59 Å². The Labute approximate surface area is 108 Å². The zero-order valence-corrected chi connectivity index (χ0v) is 11.5. The molecule has 0 saturated heterocycles. The lowest BCUT2D eigenvalue weighted by atomic mass is 9.85. The van der Waals surface area contributed by atoms with Gasteiger partial charge in [-0.05, 0) is 23.8 Å². The number of hydrogen-bond acceptors (Lipinski definition) is 2. The first-order valence-electron chi connectivity index (χ1n) is 6.38. The minimum Gasteiger partial charge on any atom is -0.352 e. The van der Waals surface area contributed by atoms with Crippen LogP contribution in [0.25, 0.3) is 0 Å². The summed E-state index contributed by atoms with van der Waals surface area (Å²) in [7, 11) is 0. The molecule has 1 amide bonds. The average molecular weight is 250 g/mol. The molecular formula is C14H22N2O2. The summed E-state index contributed by atoms with van der Waals surface area (Å²) in [5.74, 6) is 1.29. The van der Waals surface area contributed by atoms with Crippen molar-refractivity contribution < 1.29 is 4.79 Å². The summed E-state index contributed by atoms with van der Waals surface area (Å²) >= 11 is 0. The molecule has 100 valence electrons. The first kappa shape index (κ1) is 14.5. The molecule has 0 bridgehead atoms. The summed E-state index contributed by atoms with van der Waals surface area (Å²) in [6.07, 6.45) is 1.49. The fourth-order valence-corrected chi connectivity index (χ4v) is 2.14. The molecule has 4 heteroatoms. The van der Waals surface area contributed by atoms with Crippen LogP contribution in [0.15, 0.2) is 23.1 Å². The normalized spacial score (nSPS) is 11.3.